The Hall–Kier alpha value is -2.37. The van der Waals surface area contributed by atoms with Crippen molar-refractivity contribution in [1.82, 2.24) is 16.0 Å². The highest BCUT2D eigenvalue weighted by Gasteiger charge is 2.47. The van der Waals surface area contributed by atoms with Crippen molar-refractivity contribution in [3.05, 3.63) is 34.9 Å². The highest BCUT2D eigenvalue weighted by atomic mass is 35.5. The molecule has 0 radical (unpaired) electrons. The number of rotatable bonds is 12. The summed E-state index contributed by atoms with van der Waals surface area (Å²) in [6.45, 7) is 4.19. The first kappa shape index (κ1) is 29.2. The lowest BCUT2D eigenvalue weighted by Gasteiger charge is -2.28. The Labute approximate surface area is 222 Å². The van der Waals surface area contributed by atoms with E-state index in [9.17, 15) is 27.9 Å². The molecular weight excluding hydrogens is 522 g/mol. The fourth-order valence-corrected chi connectivity index (χ4v) is 5.54. The van der Waals surface area contributed by atoms with Gasteiger partial charge in [0.15, 0.2) is 15.3 Å². The summed E-state index contributed by atoms with van der Waals surface area (Å²) in [6, 6.07) is 5.06. The molecule has 1 heterocycles. The van der Waals surface area contributed by atoms with E-state index in [0.29, 0.717) is 37.3 Å². The zero-order chi connectivity index (χ0) is 27.4. The summed E-state index contributed by atoms with van der Waals surface area (Å²) in [5.74, 6) is -1.44. The van der Waals surface area contributed by atoms with Gasteiger partial charge >= 0.3 is 6.09 Å². The van der Waals surface area contributed by atoms with E-state index in [0.717, 1.165) is 11.8 Å². The molecule has 206 valence electrons. The number of benzene rings is 1. The van der Waals surface area contributed by atoms with Crippen LogP contribution in [0.4, 0.5) is 4.79 Å². The van der Waals surface area contributed by atoms with E-state index in [-0.39, 0.29) is 24.7 Å². The van der Waals surface area contributed by atoms with Gasteiger partial charge in [0.25, 0.3) is 0 Å². The van der Waals surface area contributed by atoms with Crippen LogP contribution < -0.4 is 16.0 Å². The van der Waals surface area contributed by atoms with Crippen LogP contribution in [0, 0.1) is 11.8 Å². The monoisotopic (exact) mass is 557 g/mol. The van der Waals surface area contributed by atoms with E-state index >= 15 is 0 Å². The molecule has 10 nitrogen and oxygen atoms in total. The largest absolute Gasteiger partial charge is 0.443 e. The van der Waals surface area contributed by atoms with Gasteiger partial charge in [0.05, 0.1) is 6.04 Å². The van der Waals surface area contributed by atoms with E-state index < -0.39 is 50.9 Å². The molecule has 1 aliphatic carbocycles. The van der Waals surface area contributed by atoms with Crippen LogP contribution in [0.3, 0.4) is 0 Å². The molecule has 0 aromatic heterocycles. The first-order valence-corrected chi connectivity index (χ1v) is 14.8. The van der Waals surface area contributed by atoms with Crippen LogP contribution in [0.5, 0.6) is 0 Å². The van der Waals surface area contributed by atoms with Crippen molar-refractivity contribution in [2.24, 2.45) is 11.8 Å². The van der Waals surface area contributed by atoms with E-state index in [4.69, 9.17) is 16.3 Å². The zero-order valence-corrected chi connectivity index (χ0v) is 22.9. The van der Waals surface area contributed by atoms with E-state index in [1.165, 1.54) is 0 Å². The van der Waals surface area contributed by atoms with Gasteiger partial charge in [0, 0.05) is 30.2 Å². The number of carbonyl (C=O) groups is 3. The van der Waals surface area contributed by atoms with Crippen molar-refractivity contribution in [3.63, 3.8) is 0 Å². The molecule has 2 aliphatic rings. The number of aliphatic hydroxyl groups is 1. The summed E-state index contributed by atoms with van der Waals surface area (Å²) in [5, 5.41) is 18.9. The van der Waals surface area contributed by atoms with Gasteiger partial charge in [0.1, 0.15) is 11.6 Å². The number of amides is 3. The molecule has 2 fully saturated rings. The van der Waals surface area contributed by atoms with Crippen molar-refractivity contribution >= 4 is 39.3 Å². The third-order valence-electron chi connectivity index (χ3n) is 6.66. The predicted molar refractivity (Wildman–Crippen MR) is 138 cm³/mol. The molecule has 1 saturated carbocycles. The number of nitrogens with one attached hydrogen (secondary N) is 3. The minimum absolute atomic E-state index is 0.0105. The molecule has 0 spiro atoms. The predicted octanol–water partition coefficient (Wildman–Crippen LogP) is 1.93. The SMILES string of the molecule is CC(C)C[C@H](NC(=O)OC1(Cc2cccc(Cl)c2)CC1)C(=O)N[C@@H](C[C@@H]1CCNC1=O)C(O)S(C)(=O)=O. The number of carbonyl (C=O) groups excluding carboxylic acids is 3. The Kier molecular flexibility index (Phi) is 9.47. The fraction of sp³-hybridized carbons (Fsp3) is 0.640. The van der Waals surface area contributed by atoms with Gasteiger partial charge in [-0.15, -0.1) is 0 Å². The number of halogens is 1. The van der Waals surface area contributed by atoms with Crippen LogP contribution >= 0.6 is 11.6 Å². The van der Waals surface area contributed by atoms with Gasteiger partial charge in [-0.1, -0.05) is 37.6 Å². The summed E-state index contributed by atoms with van der Waals surface area (Å²) in [4.78, 5) is 38.1. The number of hydrogen-bond donors (Lipinski definition) is 4. The summed E-state index contributed by atoms with van der Waals surface area (Å²) < 4.78 is 29.9. The molecule has 1 unspecified atom stereocenters. The smallest absolute Gasteiger partial charge is 0.408 e. The lowest BCUT2D eigenvalue weighted by Crippen LogP contribution is -2.55. The molecule has 3 rings (SSSR count). The molecule has 37 heavy (non-hydrogen) atoms. The topological polar surface area (TPSA) is 151 Å². The Bertz CT molecular complexity index is 1110. The van der Waals surface area contributed by atoms with E-state index in [1.54, 1.807) is 6.07 Å². The van der Waals surface area contributed by atoms with Gasteiger partial charge < -0.3 is 25.8 Å². The molecule has 12 heteroatoms. The standard InChI is InChI=1S/C25H36ClN3O7S/c1-15(2)11-19(29-24(33)36-25(8-9-25)14-16-5-4-6-18(26)12-16)22(31)28-20(23(32)37(3,34)35)13-17-7-10-27-21(17)30/h4-6,12,15,17,19-20,23,32H,7-11,13-14H2,1-3H3,(H,27,30)(H,28,31)(H,29,33)/t17-,19-,20-,23?/m0/s1. The van der Waals surface area contributed by atoms with Crippen LogP contribution in [0.15, 0.2) is 24.3 Å². The third kappa shape index (κ3) is 8.58. The van der Waals surface area contributed by atoms with Gasteiger partial charge in [-0.2, -0.15) is 0 Å². The van der Waals surface area contributed by atoms with Crippen molar-refractivity contribution in [2.45, 2.75) is 75.5 Å². The summed E-state index contributed by atoms with van der Waals surface area (Å²) >= 11 is 6.06. The highest BCUT2D eigenvalue weighted by Crippen LogP contribution is 2.43. The Balaban J connectivity index is 1.68. The maximum Gasteiger partial charge on any atom is 0.408 e. The second kappa shape index (κ2) is 12.0. The molecule has 1 aromatic carbocycles. The normalized spacial score (nSPS) is 21.0. The molecule has 1 saturated heterocycles. The number of ether oxygens (including phenoxy) is 1. The minimum atomic E-state index is -3.94. The van der Waals surface area contributed by atoms with Crippen LogP contribution in [0.25, 0.3) is 0 Å². The summed E-state index contributed by atoms with van der Waals surface area (Å²) in [6.07, 6.45) is 2.64. The van der Waals surface area contributed by atoms with Gasteiger partial charge in [0.2, 0.25) is 11.8 Å². The zero-order valence-electron chi connectivity index (χ0n) is 21.3. The summed E-state index contributed by atoms with van der Waals surface area (Å²) in [7, 11) is -3.94. The Morgan fingerprint density at radius 2 is 1.97 bits per heavy atom. The van der Waals surface area contributed by atoms with Crippen molar-refractivity contribution < 1.29 is 32.6 Å². The number of hydrogen-bond acceptors (Lipinski definition) is 7. The Morgan fingerprint density at radius 3 is 2.51 bits per heavy atom. The fourth-order valence-electron chi connectivity index (χ4n) is 4.55. The number of sulfone groups is 1. The average molecular weight is 558 g/mol. The molecule has 1 aliphatic heterocycles. The molecule has 3 amide bonds. The minimum Gasteiger partial charge on any atom is -0.443 e. The lowest BCUT2D eigenvalue weighted by molar-refractivity contribution is -0.126. The van der Waals surface area contributed by atoms with E-state index in [1.807, 2.05) is 32.0 Å². The van der Waals surface area contributed by atoms with Crippen molar-refractivity contribution in [2.75, 3.05) is 12.8 Å². The first-order chi connectivity index (χ1) is 17.3. The molecule has 0 bridgehead atoms. The molecule has 1 aromatic rings. The molecular formula is C25H36ClN3O7S. The van der Waals surface area contributed by atoms with Gasteiger partial charge in [-0.3, -0.25) is 9.59 Å². The molecule has 4 N–H and O–H groups in total. The quantitative estimate of drug-likeness (QED) is 0.306. The highest BCUT2D eigenvalue weighted by molar-refractivity contribution is 7.91. The maximum atomic E-state index is 13.2. The van der Waals surface area contributed by atoms with Crippen molar-refractivity contribution in [1.29, 1.82) is 0 Å². The van der Waals surface area contributed by atoms with Crippen LogP contribution in [-0.2, 0) is 30.6 Å². The average Bonchev–Trinajstić information content (AvgIpc) is 3.41. The Morgan fingerprint density at radius 1 is 1.27 bits per heavy atom. The lowest BCUT2D eigenvalue weighted by atomic mass is 9.97. The van der Waals surface area contributed by atoms with Gasteiger partial charge in [-0.25, -0.2) is 13.2 Å². The summed E-state index contributed by atoms with van der Waals surface area (Å²) in [5.41, 5.74) is -1.63. The second-order valence-corrected chi connectivity index (χ2v) is 13.1. The third-order valence-corrected chi connectivity index (χ3v) is 8.10. The number of aliphatic hydroxyl groups excluding tert-OH is 1. The molecule has 4 atom stereocenters. The van der Waals surface area contributed by atoms with Crippen LogP contribution in [-0.4, -0.2) is 67.4 Å². The maximum absolute atomic E-state index is 13.2. The van der Waals surface area contributed by atoms with Crippen LogP contribution in [0.1, 0.15) is 51.5 Å². The van der Waals surface area contributed by atoms with E-state index in [2.05, 4.69) is 16.0 Å². The van der Waals surface area contributed by atoms with Crippen LogP contribution in [0.2, 0.25) is 5.02 Å². The van der Waals surface area contributed by atoms with Crippen molar-refractivity contribution in [3.8, 4) is 0 Å². The second-order valence-electron chi connectivity index (χ2n) is 10.6. The number of alkyl carbamates (subject to hydrolysis) is 1. The first-order valence-electron chi connectivity index (χ1n) is 12.5. The van der Waals surface area contributed by atoms with Gasteiger partial charge in [-0.05, 0) is 55.7 Å².